The summed E-state index contributed by atoms with van der Waals surface area (Å²) in [5, 5.41) is 2.82. The number of hydrogen-bond donors (Lipinski definition) is 1. The molecule has 1 aliphatic rings. The van der Waals surface area contributed by atoms with Crippen LogP contribution in [0, 0.1) is 0 Å². The predicted octanol–water partition coefficient (Wildman–Crippen LogP) is 3.85. The molecule has 150 valence electrons. The van der Waals surface area contributed by atoms with Crippen LogP contribution in [-0.4, -0.2) is 34.1 Å². The van der Waals surface area contributed by atoms with Crippen molar-refractivity contribution in [1.29, 1.82) is 0 Å². The highest BCUT2D eigenvalue weighted by atomic mass is 16.7. The molecule has 0 fully saturated rings. The molecule has 3 heterocycles. The molecule has 2 aromatic heterocycles. The summed E-state index contributed by atoms with van der Waals surface area (Å²) in [4.78, 5) is 22.5. The fraction of sp³-hybridized carbons (Fsp3) is 0.136. The van der Waals surface area contributed by atoms with Gasteiger partial charge < -0.3 is 19.7 Å². The van der Waals surface area contributed by atoms with Crippen LogP contribution in [0.5, 0.6) is 11.5 Å². The second-order valence-electron chi connectivity index (χ2n) is 6.95. The number of rotatable bonds is 4. The first-order valence-corrected chi connectivity index (χ1v) is 9.43. The van der Waals surface area contributed by atoms with Crippen LogP contribution >= 0.6 is 0 Å². The minimum atomic E-state index is -0.109. The van der Waals surface area contributed by atoms with Crippen molar-refractivity contribution in [2.45, 2.75) is 6.92 Å². The SMILES string of the molecule is CC(=O)Nc1cccc(-c2cnc3c(N(C)c4ccc5c(c4)OCO5)nccn23)c1. The summed E-state index contributed by atoms with van der Waals surface area (Å²) in [6, 6.07) is 13.4. The Morgan fingerprint density at radius 1 is 1.13 bits per heavy atom. The zero-order valence-electron chi connectivity index (χ0n) is 16.5. The molecule has 8 nitrogen and oxygen atoms in total. The average molecular weight is 401 g/mol. The molecule has 0 atom stereocenters. The van der Waals surface area contributed by atoms with Gasteiger partial charge in [-0.25, -0.2) is 9.97 Å². The Kier molecular flexibility index (Phi) is 4.24. The van der Waals surface area contributed by atoms with E-state index in [4.69, 9.17) is 9.47 Å². The van der Waals surface area contributed by atoms with Gasteiger partial charge in [0.1, 0.15) is 0 Å². The van der Waals surface area contributed by atoms with Crippen molar-refractivity contribution in [2.24, 2.45) is 0 Å². The van der Waals surface area contributed by atoms with Crippen LogP contribution in [0.15, 0.2) is 61.1 Å². The lowest BCUT2D eigenvalue weighted by atomic mass is 10.1. The molecule has 1 amide bonds. The fourth-order valence-corrected chi connectivity index (χ4v) is 3.53. The van der Waals surface area contributed by atoms with E-state index in [0.29, 0.717) is 11.6 Å². The number of aromatic nitrogens is 3. The number of ether oxygens (including phenoxy) is 2. The molecule has 0 unspecified atom stereocenters. The molecule has 0 saturated carbocycles. The Hall–Kier alpha value is -4.07. The molecule has 30 heavy (non-hydrogen) atoms. The van der Waals surface area contributed by atoms with Gasteiger partial charge in [0.05, 0.1) is 11.9 Å². The van der Waals surface area contributed by atoms with Crippen molar-refractivity contribution in [3.05, 3.63) is 61.1 Å². The van der Waals surface area contributed by atoms with Crippen LogP contribution in [0.2, 0.25) is 0 Å². The summed E-state index contributed by atoms with van der Waals surface area (Å²) in [6.45, 7) is 1.72. The summed E-state index contributed by atoms with van der Waals surface area (Å²) >= 11 is 0. The minimum absolute atomic E-state index is 0.109. The second kappa shape index (κ2) is 7.07. The van der Waals surface area contributed by atoms with Crippen LogP contribution in [0.25, 0.3) is 16.9 Å². The first kappa shape index (κ1) is 18.0. The molecule has 5 rings (SSSR count). The number of hydrogen-bond acceptors (Lipinski definition) is 6. The van der Waals surface area contributed by atoms with Crippen LogP contribution in [0.1, 0.15) is 6.92 Å². The molecule has 0 spiro atoms. The number of carbonyl (C=O) groups excluding carboxylic acids is 1. The quantitative estimate of drug-likeness (QED) is 0.559. The van der Waals surface area contributed by atoms with E-state index in [1.54, 1.807) is 12.4 Å². The van der Waals surface area contributed by atoms with Crippen LogP contribution in [0.4, 0.5) is 17.2 Å². The Morgan fingerprint density at radius 2 is 2.00 bits per heavy atom. The van der Waals surface area contributed by atoms with E-state index in [1.165, 1.54) is 6.92 Å². The summed E-state index contributed by atoms with van der Waals surface area (Å²) in [5.41, 5.74) is 4.22. The number of anilines is 3. The number of benzene rings is 2. The molecule has 0 bridgehead atoms. The lowest BCUT2D eigenvalue weighted by Crippen LogP contribution is -2.12. The summed E-state index contributed by atoms with van der Waals surface area (Å²) in [6.07, 6.45) is 5.43. The molecule has 2 aromatic carbocycles. The van der Waals surface area contributed by atoms with Crippen molar-refractivity contribution >= 4 is 28.7 Å². The summed E-state index contributed by atoms with van der Waals surface area (Å²) in [7, 11) is 1.94. The predicted molar refractivity (Wildman–Crippen MR) is 113 cm³/mol. The largest absolute Gasteiger partial charge is 0.454 e. The lowest BCUT2D eigenvalue weighted by Gasteiger charge is -2.19. The highest BCUT2D eigenvalue weighted by molar-refractivity contribution is 5.89. The topological polar surface area (TPSA) is 81.0 Å². The van der Waals surface area contributed by atoms with Gasteiger partial charge in [0.15, 0.2) is 23.0 Å². The highest BCUT2D eigenvalue weighted by Crippen LogP contribution is 2.37. The zero-order chi connectivity index (χ0) is 20.7. The first-order valence-electron chi connectivity index (χ1n) is 9.43. The standard InChI is InChI=1S/C22H19N5O3/c1-14(28)25-16-5-3-4-15(10-16)18-12-24-22-21(23-8-9-27(18)22)26(2)17-6-7-19-20(11-17)30-13-29-19/h3-12H,13H2,1-2H3,(H,25,28). The van der Waals surface area contributed by atoms with Gasteiger partial charge in [-0.1, -0.05) is 12.1 Å². The number of nitrogens with one attached hydrogen (secondary N) is 1. The van der Waals surface area contributed by atoms with Gasteiger partial charge in [-0.3, -0.25) is 9.20 Å². The third-order valence-electron chi connectivity index (χ3n) is 4.95. The Balaban J connectivity index is 1.55. The summed E-state index contributed by atoms with van der Waals surface area (Å²) < 4.78 is 12.9. The maximum atomic E-state index is 11.4. The molecular weight excluding hydrogens is 382 g/mol. The number of nitrogens with zero attached hydrogens (tertiary/aromatic N) is 4. The molecule has 0 saturated heterocycles. The number of fused-ring (bicyclic) bond motifs is 2. The van der Waals surface area contributed by atoms with E-state index in [1.807, 2.05) is 65.0 Å². The van der Waals surface area contributed by atoms with Gasteiger partial charge in [0, 0.05) is 49.4 Å². The van der Waals surface area contributed by atoms with Crippen molar-refractivity contribution in [3.8, 4) is 22.8 Å². The van der Waals surface area contributed by atoms with E-state index in [-0.39, 0.29) is 12.7 Å². The van der Waals surface area contributed by atoms with Gasteiger partial charge in [0.25, 0.3) is 0 Å². The van der Waals surface area contributed by atoms with Gasteiger partial charge in [-0.15, -0.1) is 0 Å². The molecule has 1 N–H and O–H groups in total. The monoisotopic (exact) mass is 401 g/mol. The zero-order valence-corrected chi connectivity index (χ0v) is 16.5. The second-order valence-corrected chi connectivity index (χ2v) is 6.95. The first-order chi connectivity index (χ1) is 14.6. The van der Waals surface area contributed by atoms with Gasteiger partial charge in [-0.05, 0) is 24.3 Å². The number of carbonyl (C=O) groups is 1. The fourth-order valence-electron chi connectivity index (χ4n) is 3.53. The van der Waals surface area contributed by atoms with Crippen molar-refractivity contribution in [2.75, 3.05) is 24.1 Å². The Morgan fingerprint density at radius 3 is 2.87 bits per heavy atom. The molecule has 0 aliphatic carbocycles. The van der Waals surface area contributed by atoms with E-state index in [2.05, 4.69) is 15.3 Å². The Bertz CT molecular complexity index is 1270. The molecule has 4 aromatic rings. The van der Waals surface area contributed by atoms with Crippen LogP contribution in [0.3, 0.4) is 0 Å². The smallest absolute Gasteiger partial charge is 0.231 e. The van der Waals surface area contributed by atoms with E-state index < -0.39 is 0 Å². The van der Waals surface area contributed by atoms with Crippen molar-refractivity contribution < 1.29 is 14.3 Å². The summed E-state index contributed by atoms with van der Waals surface area (Å²) in [5.74, 6) is 2.05. The van der Waals surface area contributed by atoms with Crippen LogP contribution in [-0.2, 0) is 4.79 Å². The molecule has 0 radical (unpaired) electrons. The maximum Gasteiger partial charge on any atom is 0.231 e. The average Bonchev–Trinajstić information content (AvgIpc) is 3.39. The van der Waals surface area contributed by atoms with E-state index >= 15 is 0 Å². The maximum absolute atomic E-state index is 11.4. The minimum Gasteiger partial charge on any atom is -0.454 e. The number of amides is 1. The molecule has 1 aliphatic heterocycles. The number of imidazole rings is 1. The van der Waals surface area contributed by atoms with E-state index in [0.717, 1.165) is 34.0 Å². The molecular formula is C22H19N5O3. The Labute approximate surface area is 172 Å². The van der Waals surface area contributed by atoms with Gasteiger partial charge in [0.2, 0.25) is 12.7 Å². The van der Waals surface area contributed by atoms with E-state index in [9.17, 15) is 4.79 Å². The lowest BCUT2D eigenvalue weighted by molar-refractivity contribution is -0.114. The van der Waals surface area contributed by atoms with Gasteiger partial charge in [-0.2, -0.15) is 0 Å². The molecule has 8 heteroatoms. The van der Waals surface area contributed by atoms with Gasteiger partial charge >= 0.3 is 0 Å². The third-order valence-corrected chi connectivity index (χ3v) is 4.95. The van der Waals surface area contributed by atoms with Crippen molar-refractivity contribution in [1.82, 2.24) is 14.4 Å². The van der Waals surface area contributed by atoms with Crippen molar-refractivity contribution in [3.63, 3.8) is 0 Å². The normalized spacial score (nSPS) is 12.2. The van der Waals surface area contributed by atoms with Crippen LogP contribution < -0.4 is 19.7 Å². The highest BCUT2D eigenvalue weighted by Gasteiger charge is 2.18. The third kappa shape index (κ3) is 3.08.